The Labute approximate surface area is 244 Å². The van der Waals surface area contributed by atoms with E-state index in [-0.39, 0.29) is 5.41 Å². The quantitative estimate of drug-likeness (QED) is 0.355. The fourth-order valence-corrected chi connectivity index (χ4v) is 6.28. The van der Waals surface area contributed by atoms with E-state index >= 15 is 0 Å². The summed E-state index contributed by atoms with van der Waals surface area (Å²) in [5.74, 6) is -0.985. The number of anilines is 1. The van der Waals surface area contributed by atoms with E-state index in [0.717, 1.165) is 80.2 Å². The molecule has 220 valence electrons. The molecule has 1 aromatic carbocycles. The number of hydrogen-bond acceptors (Lipinski definition) is 6. The summed E-state index contributed by atoms with van der Waals surface area (Å²) in [5.41, 5.74) is 8.91. The van der Waals surface area contributed by atoms with Gasteiger partial charge in [0.1, 0.15) is 0 Å². The second-order valence-electron chi connectivity index (χ2n) is 13.6. The fraction of sp³-hybridized carbons (Fsp3) is 0.545. The van der Waals surface area contributed by atoms with Crippen LogP contribution in [0.2, 0.25) is 0 Å². The third-order valence-corrected chi connectivity index (χ3v) is 8.52. The number of H-pyrrole nitrogens is 1. The molecule has 0 radical (unpaired) electrons. The lowest BCUT2D eigenvalue weighted by Crippen LogP contribution is -2.39. The zero-order valence-electron chi connectivity index (χ0n) is 25.7. The van der Waals surface area contributed by atoms with Crippen molar-refractivity contribution in [3.05, 3.63) is 64.2 Å². The van der Waals surface area contributed by atoms with E-state index in [0.29, 0.717) is 5.56 Å². The molecule has 1 saturated heterocycles. The van der Waals surface area contributed by atoms with Gasteiger partial charge in [0.15, 0.2) is 6.10 Å². The van der Waals surface area contributed by atoms with Crippen LogP contribution < -0.4 is 4.90 Å². The predicted octanol–water partition coefficient (Wildman–Crippen LogP) is 6.21. The smallest absolute Gasteiger partial charge is 0.337 e. The minimum Gasteiger partial charge on any atom is -0.479 e. The first kappa shape index (κ1) is 29.3. The Bertz CT molecular complexity index is 1400. The Morgan fingerprint density at radius 3 is 2.49 bits per heavy atom. The molecule has 0 spiro atoms. The number of ether oxygens (including phenoxy) is 1. The van der Waals surface area contributed by atoms with Crippen LogP contribution in [0.15, 0.2) is 30.6 Å². The van der Waals surface area contributed by atoms with Gasteiger partial charge in [-0.15, -0.1) is 0 Å². The standard InChI is InChI=1S/C33H45N5O3/c1-21-27(25-8-9-26-20-37(13-10-24(26)16-25)19-23-17-34-35-18-23)29(38-14-11-33(6,7)12-15-38)28(22(2)36-21)30(31(39)40)41-32(3,4)5/h8-9,16-18,30H,10-15,19-20H2,1-7H3,(H,34,35)(H,39,40)/t30-/m0/s1. The molecule has 2 aromatic heterocycles. The molecule has 1 atom stereocenters. The maximum absolute atomic E-state index is 12.8. The molecule has 8 nitrogen and oxygen atoms in total. The second kappa shape index (κ2) is 11.2. The van der Waals surface area contributed by atoms with E-state index in [1.54, 1.807) is 0 Å². The third-order valence-electron chi connectivity index (χ3n) is 8.52. The first-order valence-electron chi connectivity index (χ1n) is 14.8. The van der Waals surface area contributed by atoms with Crippen molar-refractivity contribution in [1.82, 2.24) is 20.1 Å². The topological polar surface area (TPSA) is 94.6 Å². The highest BCUT2D eigenvalue weighted by atomic mass is 16.5. The maximum atomic E-state index is 12.8. The van der Waals surface area contributed by atoms with Crippen LogP contribution in [-0.2, 0) is 29.0 Å². The van der Waals surface area contributed by atoms with Gasteiger partial charge in [-0.3, -0.25) is 15.0 Å². The van der Waals surface area contributed by atoms with Crippen molar-refractivity contribution in [2.45, 2.75) is 92.5 Å². The maximum Gasteiger partial charge on any atom is 0.337 e. The normalized spacial score (nSPS) is 18.3. The lowest BCUT2D eigenvalue weighted by Gasteiger charge is -2.41. The van der Waals surface area contributed by atoms with E-state index in [2.05, 4.69) is 59.0 Å². The molecule has 0 saturated carbocycles. The van der Waals surface area contributed by atoms with Gasteiger partial charge in [-0.1, -0.05) is 32.0 Å². The van der Waals surface area contributed by atoms with Crippen molar-refractivity contribution in [2.75, 3.05) is 24.5 Å². The molecule has 0 aliphatic carbocycles. The summed E-state index contributed by atoms with van der Waals surface area (Å²) in [4.78, 5) is 22.5. The Balaban J connectivity index is 1.60. The van der Waals surface area contributed by atoms with E-state index in [9.17, 15) is 9.90 Å². The molecule has 1 fully saturated rings. The number of nitrogens with zero attached hydrogens (tertiary/aromatic N) is 4. The second-order valence-corrected chi connectivity index (χ2v) is 13.6. The number of aryl methyl sites for hydroxylation is 2. The van der Waals surface area contributed by atoms with E-state index in [4.69, 9.17) is 9.72 Å². The first-order valence-corrected chi connectivity index (χ1v) is 14.8. The summed E-state index contributed by atoms with van der Waals surface area (Å²) in [6.45, 7) is 18.8. The van der Waals surface area contributed by atoms with Gasteiger partial charge in [-0.25, -0.2) is 4.79 Å². The van der Waals surface area contributed by atoms with Crippen LogP contribution in [0.5, 0.6) is 0 Å². The van der Waals surface area contributed by atoms with Crippen molar-refractivity contribution in [2.24, 2.45) is 5.41 Å². The Hall–Kier alpha value is -3.23. The number of fused-ring (bicyclic) bond motifs is 1. The van der Waals surface area contributed by atoms with Gasteiger partial charge < -0.3 is 14.7 Å². The predicted molar refractivity (Wildman–Crippen MR) is 162 cm³/mol. The van der Waals surface area contributed by atoms with Crippen LogP contribution in [-0.4, -0.2) is 56.4 Å². The van der Waals surface area contributed by atoms with Crippen LogP contribution in [0.25, 0.3) is 11.1 Å². The van der Waals surface area contributed by atoms with Crippen LogP contribution in [0, 0.1) is 19.3 Å². The van der Waals surface area contributed by atoms with Crippen molar-refractivity contribution >= 4 is 11.7 Å². The molecule has 0 unspecified atom stereocenters. The van der Waals surface area contributed by atoms with Crippen molar-refractivity contribution in [3.63, 3.8) is 0 Å². The highest BCUT2D eigenvalue weighted by Crippen LogP contribution is 2.45. The molecule has 2 aliphatic rings. The van der Waals surface area contributed by atoms with E-state index in [1.165, 1.54) is 16.7 Å². The minimum atomic E-state index is -1.11. The molecule has 2 N–H and O–H groups in total. The van der Waals surface area contributed by atoms with Crippen molar-refractivity contribution in [1.29, 1.82) is 0 Å². The summed E-state index contributed by atoms with van der Waals surface area (Å²) in [6.07, 6.45) is 5.79. The zero-order valence-corrected chi connectivity index (χ0v) is 25.7. The Kier molecular flexibility index (Phi) is 8.01. The van der Waals surface area contributed by atoms with E-state index < -0.39 is 17.7 Å². The lowest BCUT2D eigenvalue weighted by molar-refractivity contribution is -0.160. The van der Waals surface area contributed by atoms with Gasteiger partial charge in [0, 0.05) is 67.0 Å². The number of carboxylic acid groups (broad SMARTS) is 1. The number of aromatic nitrogens is 3. The molecule has 3 aromatic rings. The fourth-order valence-electron chi connectivity index (χ4n) is 6.28. The average molecular weight is 560 g/mol. The largest absolute Gasteiger partial charge is 0.479 e. The monoisotopic (exact) mass is 559 g/mol. The molecule has 0 amide bonds. The summed E-state index contributed by atoms with van der Waals surface area (Å²) in [5, 5.41) is 17.4. The number of pyridine rings is 1. The molecule has 0 bridgehead atoms. The van der Waals surface area contributed by atoms with Gasteiger partial charge in [-0.05, 0) is 76.0 Å². The average Bonchev–Trinajstić information content (AvgIpc) is 3.39. The van der Waals surface area contributed by atoms with Gasteiger partial charge >= 0.3 is 5.97 Å². The van der Waals surface area contributed by atoms with Gasteiger partial charge in [0.05, 0.1) is 17.5 Å². The number of aliphatic carboxylic acids is 1. The van der Waals surface area contributed by atoms with Crippen molar-refractivity contribution in [3.8, 4) is 11.1 Å². The molecule has 2 aliphatic heterocycles. The highest BCUT2D eigenvalue weighted by molar-refractivity contribution is 5.88. The molecule has 41 heavy (non-hydrogen) atoms. The van der Waals surface area contributed by atoms with Crippen LogP contribution in [0.3, 0.4) is 0 Å². The zero-order chi connectivity index (χ0) is 29.5. The first-order chi connectivity index (χ1) is 19.3. The number of carbonyl (C=O) groups is 1. The highest BCUT2D eigenvalue weighted by Gasteiger charge is 2.36. The number of carboxylic acids is 1. The Morgan fingerprint density at radius 1 is 1.12 bits per heavy atom. The number of rotatable bonds is 7. The summed E-state index contributed by atoms with van der Waals surface area (Å²) in [6, 6.07) is 6.75. The van der Waals surface area contributed by atoms with Crippen LogP contribution in [0.4, 0.5) is 5.69 Å². The molecular weight excluding hydrogens is 514 g/mol. The van der Waals surface area contributed by atoms with Crippen LogP contribution >= 0.6 is 0 Å². The lowest BCUT2D eigenvalue weighted by atomic mass is 9.81. The number of benzene rings is 1. The molecule has 8 heteroatoms. The number of piperidine rings is 1. The van der Waals surface area contributed by atoms with Gasteiger partial charge in [0.2, 0.25) is 0 Å². The minimum absolute atomic E-state index is 0.260. The molecule has 5 rings (SSSR count). The summed E-state index contributed by atoms with van der Waals surface area (Å²) >= 11 is 0. The van der Waals surface area contributed by atoms with E-state index in [1.807, 2.05) is 40.1 Å². The summed E-state index contributed by atoms with van der Waals surface area (Å²) < 4.78 is 6.24. The Morgan fingerprint density at radius 2 is 1.85 bits per heavy atom. The molecule has 4 heterocycles. The molecular formula is C33H45N5O3. The van der Waals surface area contributed by atoms with Gasteiger partial charge in [-0.2, -0.15) is 5.10 Å². The number of hydrogen-bond donors (Lipinski definition) is 2. The number of nitrogens with one attached hydrogen (secondary N) is 1. The van der Waals surface area contributed by atoms with Crippen molar-refractivity contribution < 1.29 is 14.6 Å². The third kappa shape index (κ3) is 6.49. The van der Waals surface area contributed by atoms with Gasteiger partial charge in [0.25, 0.3) is 0 Å². The summed E-state index contributed by atoms with van der Waals surface area (Å²) in [7, 11) is 0. The SMILES string of the molecule is Cc1nc(C)c([C@H](OC(C)(C)C)C(=O)O)c(N2CCC(C)(C)CC2)c1-c1ccc2c(c1)CCN(Cc1cn[nH]c1)C2. The van der Waals surface area contributed by atoms with Crippen LogP contribution in [0.1, 0.15) is 87.2 Å². The number of aromatic amines is 1.